The van der Waals surface area contributed by atoms with Crippen molar-refractivity contribution in [1.29, 1.82) is 0 Å². The van der Waals surface area contributed by atoms with E-state index in [0.717, 1.165) is 39.4 Å². The van der Waals surface area contributed by atoms with Gasteiger partial charge < -0.3 is 19.9 Å². The van der Waals surface area contributed by atoms with Gasteiger partial charge >= 0.3 is 0 Å². The predicted octanol–water partition coefficient (Wildman–Crippen LogP) is 7.29. The van der Waals surface area contributed by atoms with Gasteiger partial charge in [-0.3, -0.25) is 14.2 Å². The van der Waals surface area contributed by atoms with Crippen LogP contribution in [-0.2, 0) is 4.79 Å². The van der Waals surface area contributed by atoms with Gasteiger partial charge in [0.05, 0.1) is 24.2 Å². The molecule has 0 unspecified atom stereocenters. The largest absolute Gasteiger partial charge is 0.496 e. The van der Waals surface area contributed by atoms with Gasteiger partial charge in [0.15, 0.2) is 0 Å². The predicted molar refractivity (Wildman–Crippen MR) is 184 cm³/mol. The summed E-state index contributed by atoms with van der Waals surface area (Å²) in [6.07, 6.45) is 0. The summed E-state index contributed by atoms with van der Waals surface area (Å²) in [6, 6.07) is 27.1. The molecule has 0 atom stereocenters. The third kappa shape index (κ3) is 6.17. The van der Waals surface area contributed by atoms with Crippen LogP contribution in [0.2, 0.25) is 0 Å². The molecule has 230 valence electrons. The van der Waals surface area contributed by atoms with Crippen molar-refractivity contribution in [2.24, 2.45) is 0 Å². The molecule has 0 saturated carbocycles. The van der Waals surface area contributed by atoms with E-state index in [0.29, 0.717) is 34.0 Å². The third-order valence-corrected chi connectivity index (χ3v) is 7.77. The summed E-state index contributed by atoms with van der Waals surface area (Å²) in [6.45, 7) is 5.45. The number of imidazole rings is 1. The summed E-state index contributed by atoms with van der Waals surface area (Å²) >= 11 is 0. The molecular weight excluding hydrogens is 562 g/mol. The highest BCUT2D eigenvalue weighted by molar-refractivity contribution is 6.05. The van der Waals surface area contributed by atoms with Crippen LogP contribution in [0.15, 0.2) is 84.9 Å². The van der Waals surface area contributed by atoms with E-state index in [4.69, 9.17) is 9.72 Å². The first kappa shape index (κ1) is 31.1. The fourth-order valence-corrected chi connectivity index (χ4v) is 5.60. The van der Waals surface area contributed by atoms with Crippen LogP contribution in [0, 0.1) is 13.8 Å². The quantitative estimate of drug-likeness (QED) is 0.201. The molecule has 0 aliphatic carbocycles. The minimum Gasteiger partial charge on any atom is -0.496 e. The molecular formula is C37H39N5O3. The van der Waals surface area contributed by atoms with Crippen LogP contribution in [-0.4, -0.2) is 56.7 Å². The van der Waals surface area contributed by atoms with Gasteiger partial charge in [0.25, 0.3) is 5.91 Å². The molecule has 0 spiro atoms. The molecule has 1 aromatic heterocycles. The van der Waals surface area contributed by atoms with E-state index >= 15 is 0 Å². The highest BCUT2D eigenvalue weighted by atomic mass is 16.5. The molecule has 0 aliphatic rings. The highest BCUT2D eigenvalue weighted by Crippen LogP contribution is 2.42. The maximum absolute atomic E-state index is 14.6. The molecule has 8 nitrogen and oxygen atoms in total. The molecule has 5 aromatic rings. The Labute approximate surface area is 264 Å². The van der Waals surface area contributed by atoms with Gasteiger partial charge in [-0.05, 0) is 79.6 Å². The lowest BCUT2D eigenvalue weighted by atomic mass is 10.0. The molecule has 1 heterocycles. The monoisotopic (exact) mass is 601 g/mol. The van der Waals surface area contributed by atoms with Gasteiger partial charge in [-0.1, -0.05) is 30.3 Å². The van der Waals surface area contributed by atoms with Crippen LogP contribution in [0.4, 0.5) is 17.1 Å². The molecule has 1 amide bonds. The number of methoxy groups -OCH3 is 1. The number of aromatic nitrogens is 2. The lowest BCUT2D eigenvalue weighted by Crippen LogP contribution is -2.15. The van der Waals surface area contributed by atoms with Gasteiger partial charge in [-0.25, -0.2) is 4.98 Å². The Morgan fingerprint density at radius 2 is 1.38 bits per heavy atom. The normalized spacial score (nSPS) is 10.8. The van der Waals surface area contributed by atoms with E-state index in [9.17, 15) is 9.59 Å². The first-order chi connectivity index (χ1) is 21.5. The van der Waals surface area contributed by atoms with Crippen LogP contribution in [0.5, 0.6) is 5.75 Å². The Balaban J connectivity index is 1.91. The first-order valence-electron chi connectivity index (χ1n) is 14.7. The smallest absolute Gasteiger partial charge is 0.264 e. The van der Waals surface area contributed by atoms with E-state index in [2.05, 4.69) is 5.32 Å². The number of anilines is 3. The van der Waals surface area contributed by atoms with E-state index in [1.807, 2.05) is 137 Å². The number of carbonyl (C=O) groups is 2. The molecule has 4 aromatic carbocycles. The van der Waals surface area contributed by atoms with Crippen molar-refractivity contribution in [1.82, 2.24) is 9.55 Å². The molecule has 5 rings (SSSR count). The number of aryl methyl sites for hydroxylation is 2. The number of rotatable bonds is 8. The number of hydrogen-bond donors (Lipinski definition) is 1. The maximum Gasteiger partial charge on any atom is 0.264 e. The highest BCUT2D eigenvalue weighted by Gasteiger charge is 2.28. The van der Waals surface area contributed by atoms with Gasteiger partial charge in [0, 0.05) is 68.7 Å². The summed E-state index contributed by atoms with van der Waals surface area (Å²) in [5.41, 5.74) is 8.42. The van der Waals surface area contributed by atoms with E-state index in [1.54, 1.807) is 11.7 Å². The Kier molecular flexibility index (Phi) is 8.77. The second-order valence-electron chi connectivity index (χ2n) is 11.5. The zero-order valence-corrected chi connectivity index (χ0v) is 27.1. The third-order valence-electron chi connectivity index (χ3n) is 7.77. The average Bonchev–Trinajstić information content (AvgIpc) is 3.41. The number of carbonyl (C=O) groups excluding carboxylic acids is 2. The second kappa shape index (κ2) is 12.7. The van der Waals surface area contributed by atoms with E-state index in [1.165, 1.54) is 6.92 Å². The summed E-state index contributed by atoms with van der Waals surface area (Å²) < 4.78 is 7.35. The van der Waals surface area contributed by atoms with Crippen molar-refractivity contribution in [2.45, 2.75) is 20.8 Å². The molecule has 0 aliphatic heterocycles. The topological polar surface area (TPSA) is 79.7 Å². The number of nitrogens with zero attached hydrogens (tertiary/aromatic N) is 4. The van der Waals surface area contributed by atoms with Crippen molar-refractivity contribution in [2.75, 3.05) is 50.4 Å². The van der Waals surface area contributed by atoms with Crippen LogP contribution in [0.25, 0.3) is 33.9 Å². The Bertz CT molecular complexity index is 1850. The number of benzene rings is 4. The van der Waals surface area contributed by atoms with Crippen LogP contribution >= 0.6 is 0 Å². The Morgan fingerprint density at radius 3 is 1.93 bits per heavy atom. The fraction of sp³-hybridized carbons (Fsp3) is 0.216. The van der Waals surface area contributed by atoms with Crippen molar-refractivity contribution >= 4 is 28.9 Å². The van der Waals surface area contributed by atoms with Crippen LogP contribution in [0.1, 0.15) is 28.4 Å². The SMILES string of the molecule is COc1c(C)cc(-c2nc(-c3ccc(N(C)C)cc3NC(C)=O)c(-c3ccc(N(C)C)cc3)n2C(=O)c2ccccc2)cc1C. The lowest BCUT2D eigenvalue weighted by molar-refractivity contribution is -0.114. The number of hydrogen-bond acceptors (Lipinski definition) is 6. The summed E-state index contributed by atoms with van der Waals surface area (Å²) in [5.74, 6) is 0.863. The fourth-order valence-electron chi connectivity index (χ4n) is 5.60. The zero-order chi connectivity index (χ0) is 32.4. The summed E-state index contributed by atoms with van der Waals surface area (Å²) in [4.78, 5) is 36.2. The number of ether oxygens (including phenoxy) is 1. The van der Waals surface area contributed by atoms with E-state index < -0.39 is 0 Å². The zero-order valence-electron chi connectivity index (χ0n) is 27.1. The molecule has 0 bridgehead atoms. The molecule has 45 heavy (non-hydrogen) atoms. The second-order valence-corrected chi connectivity index (χ2v) is 11.5. The molecule has 0 saturated heterocycles. The molecule has 0 radical (unpaired) electrons. The van der Waals surface area contributed by atoms with Crippen molar-refractivity contribution in [3.05, 3.63) is 102 Å². The van der Waals surface area contributed by atoms with E-state index in [-0.39, 0.29) is 11.8 Å². The van der Waals surface area contributed by atoms with Crippen molar-refractivity contribution in [3.63, 3.8) is 0 Å². The Morgan fingerprint density at radius 1 is 0.778 bits per heavy atom. The minimum atomic E-state index is -0.215. The lowest BCUT2D eigenvalue weighted by Gasteiger charge is -2.18. The summed E-state index contributed by atoms with van der Waals surface area (Å²) in [7, 11) is 9.53. The average molecular weight is 602 g/mol. The van der Waals surface area contributed by atoms with Crippen molar-refractivity contribution in [3.8, 4) is 39.7 Å². The van der Waals surface area contributed by atoms with Crippen LogP contribution in [0.3, 0.4) is 0 Å². The van der Waals surface area contributed by atoms with Gasteiger partial charge in [0.1, 0.15) is 11.6 Å². The number of amides is 1. The summed E-state index contributed by atoms with van der Waals surface area (Å²) in [5, 5.41) is 3.01. The van der Waals surface area contributed by atoms with Gasteiger partial charge in [0.2, 0.25) is 5.91 Å². The van der Waals surface area contributed by atoms with Gasteiger partial charge in [-0.15, -0.1) is 0 Å². The maximum atomic E-state index is 14.6. The van der Waals surface area contributed by atoms with Gasteiger partial charge in [-0.2, -0.15) is 0 Å². The molecule has 8 heteroatoms. The van der Waals surface area contributed by atoms with Crippen LogP contribution < -0.4 is 19.9 Å². The first-order valence-corrected chi connectivity index (χ1v) is 14.7. The standard InChI is InChI=1S/C37H39N5O3/c1-23-20-28(21-24(2)35(23)45-8)36-39-33(31-19-18-30(41(6)7)22-32(31)38-25(3)43)34(26-14-16-29(17-15-26)40(4)5)42(36)37(44)27-12-10-9-11-13-27/h9-22H,1-8H3,(H,38,43). The molecule has 0 fully saturated rings. The minimum absolute atomic E-state index is 0.203. The Hall–Kier alpha value is -5.37. The molecule has 1 N–H and O–H groups in total. The number of nitrogens with one attached hydrogen (secondary N) is 1. The van der Waals surface area contributed by atoms with Crippen molar-refractivity contribution < 1.29 is 14.3 Å².